The molecule has 54 heavy (non-hydrogen) atoms. The van der Waals surface area contributed by atoms with Gasteiger partial charge >= 0.3 is 0 Å². The van der Waals surface area contributed by atoms with Gasteiger partial charge in [-0.2, -0.15) is 0 Å². The summed E-state index contributed by atoms with van der Waals surface area (Å²) in [4.78, 5) is 26.3. The number of pyridine rings is 2. The van der Waals surface area contributed by atoms with Gasteiger partial charge in [-0.05, 0) is 103 Å². The van der Waals surface area contributed by atoms with Gasteiger partial charge in [0.15, 0.2) is 0 Å². The summed E-state index contributed by atoms with van der Waals surface area (Å²) in [6, 6.07) is 33.8. The lowest BCUT2D eigenvalue weighted by Gasteiger charge is -2.31. The van der Waals surface area contributed by atoms with Crippen molar-refractivity contribution in [2.45, 2.75) is 112 Å². The second-order valence-corrected chi connectivity index (χ2v) is 16.1. The van der Waals surface area contributed by atoms with Crippen LogP contribution in [-0.4, -0.2) is 27.1 Å². The van der Waals surface area contributed by atoms with Crippen LogP contribution >= 0.6 is 0 Å². The summed E-state index contributed by atoms with van der Waals surface area (Å²) in [6.07, 6.45) is 0.572. The molecule has 0 amide bonds. The Morgan fingerprint density at radius 1 is 0.574 bits per heavy atom. The van der Waals surface area contributed by atoms with Gasteiger partial charge in [-0.3, -0.25) is 9.98 Å². The van der Waals surface area contributed by atoms with Gasteiger partial charge in [-0.15, -0.1) is 0 Å². The fourth-order valence-electron chi connectivity index (χ4n) is 7.31. The molecule has 1 atom stereocenters. The van der Waals surface area contributed by atoms with Crippen molar-refractivity contribution < 1.29 is 0 Å². The number of aliphatic imine (C=N–C) groups is 3. The Balaban J connectivity index is 1.40. The van der Waals surface area contributed by atoms with Gasteiger partial charge in [0, 0.05) is 6.42 Å². The van der Waals surface area contributed by atoms with E-state index in [2.05, 4.69) is 160 Å². The molecule has 0 aliphatic carbocycles. The summed E-state index contributed by atoms with van der Waals surface area (Å²) in [5.41, 5.74) is 14.5. The number of nitrogens with zero attached hydrogens (tertiary/aromatic N) is 5. The van der Waals surface area contributed by atoms with Crippen LogP contribution in [0.25, 0.3) is 0 Å². The zero-order valence-corrected chi connectivity index (χ0v) is 34.0. The lowest BCUT2D eigenvalue weighted by atomic mass is 9.88. The van der Waals surface area contributed by atoms with Crippen molar-refractivity contribution in [3.63, 3.8) is 0 Å². The maximum atomic E-state index is 5.31. The maximum absolute atomic E-state index is 5.31. The Kier molecular flexibility index (Phi) is 11.4. The summed E-state index contributed by atoms with van der Waals surface area (Å²) < 4.78 is 0. The minimum absolute atomic E-state index is 0.357. The van der Waals surface area contributed by atoms with Crippen LogP contribution in [0.5, 0.6) is 0 Å². The highest BCUT2D eigenvalue weighted by molar-refractivity contribution is 6.05. The number of rotatable bonds is 10. The standard InChI is InChI=1S/C48H56N6/c1-29(2)35-18-14-19-36(30(3)4)46(35)49-33(9)39-24-16-26-42(51-39)44-28-48(11,54-43-23-13-12-22-41(43)52-44)45-27-17-25-40(53-45)34(10)50-47-37(31(5)6)20-15-21-38(47)32(7)8/h12-27,29-32,54H,28H2,1-11H3. The van der Waals surface area contributed by atoms with Gasteiger partial charge in [0.1, 0.15) is 0 Å². The number of hydrogen-bond acceptors (Lipinski definition) is 6. The third-order valence-electron chi connectivity index (χ3n) is 10.4. The third kappa shape index (κ3) is 8.13. The van der Waals surface area contributed by atoms with Crippen LogP contribution in [-0.2, 0) is 5.54 Å². The van der Waals surface area contributed by atoms with Crippen LogP contribution in [0.4, 0.5) is 22.7 Å². The predicted octanol–water partition coefficient (Wildman–Crippen LogP) is 13.1. The van der Waals surface area contributed by atoms with Crippen LogP contribution in [0, 0.1) is 0 Å². The summed E-state index contributed by atoms with van der Waals surface area (Å²) in [5.74, 6) is 1.43. The minimum atomic E-state index is -0.593. The first-order chi connectivity index (χ1) is 25.8. The molecule has 6 nitrogen and oxygen atoms in total. The molecule has 3 aromatic carbocycles. The van der Waals surface area contributed by atoms with Gasteiger partial charge in [0.2, 0.25) is 0 Å². The van der Waals surface area contributed by atoms with Crippen molar-refractivity contribution in [1.29, 1.82) is 0 Å². The molecule has 278 valence electrons. The van der Waals surface area contributed by atoms with E-state index in [1.807, 2.05) is 18.2 Å². The van der Waals surface area contributed by atoms with Gasteiger partial charge < -0.3 is 5.32 Å². The second-order valence-electron chi connectivity index (χ2n) is 16.1. The predicted molar refractivity (Wildman–Crippen MR) is 230 cm³/mol. The Labute approximate surface area is 323 Å². The number of hydrogen-bond donors (Lipinski definition) is 1. The van der Waals surface area contributed by atoms with E-state index in [4.69, 9.17) is 24.9 Å². The lowest BCUT2D eigenvalue weighted by Crippen LogP contribution is -2.35. The monoisotopic (exact) mass is 716 g/mol. The Morgan fingerprint density at radius 3 is 1.56 bits per heavy atom. The Morgan fingerprint density at radius 2 is 1.04 bits per heavy atom. The van der Waals surface area contributed by atoms with Crippen LogP contribution < -0.4 is 5.32 Å². The number of para-hydroxylation sites is 4. The average molecular weight is 717 g/mol. The molecule has 6 heteroatoms. The van der Waals surface area contributed by atoms with E-state index < -0.39 is 5.54 Å². The molecule has 1 aliphatic rings. The quantitative estimate of drug-likeness (QED) is 0.146. The van der Waals surface area contributed by atoms with Gasteiger partial charge in [-0.1, -0.05) is 116 Å². The number of anilines is 1. The van der Waals surface area contributed by atoms with E-state index in [0.29, 0.717) is 30.1 Å². The zero-order valence-electron chi connectivity index (χ0n) is 34.0. The minimum Gasteiger partial charge on any atom is -0.372 e. The molecule has 1 aliphatic heterocycles. The molecule has 0 saturated carbocycles. The second kappa shape index (κ2) is 16.0. The highest BCUT2D eigenvalue weighted by Crippen LogP contribution is 2.40. The van der Waals surface area contributed by atoms with Crippen molar-refractivity contribution in [2.24, 2.45) is 15.0 Å². The molecule has 6 rings (SSSR count). The average Bonchev–Trinajstić information content (AvgIpc) is 3.31. The van der Waals surface area contributed by atoms with E-state index in [0.717, 1.165) is 62.7 Å². The topological polar surface area (TPSA) is 74.9 Å². The first-order valence-corrected chi connectivity index (χ1v) is 19.5. The van der Waals surface area contributed by atoms with Crippen LogP contribution in [0.3, 0.4) is 0 Å². The van der Waals surface area contributed by atoms with Crippen molar-refractivity contribution in [1.82, 2.24) is 9.97 Å². The maximum Gasteiger partial charge on any atom is 0.0865 e. The number of aromatic nitrogens is 2. The molecule has 2 aromatic heterocycles. The number of fused-ring (bicyclic) bond motifs is 1. The normalized spacial score (nSPS) is 16.5. The highest BCUT2D eigenvalue weighted by Gasteiger charge is 2.34. The molecule has 5 aromatic rings. The highest BCUT2D eigenvalue weighted by atomic mass is 15.0. The van der Waals surface area contributed by atoms with Crippen molar-refractivity contribution >= 4 is 39.9 Å². The largest absolute Gasteiger partial charge is 0.372 e. The summed E-state index contributed by atoms with van der Waals surface area (Å²) in [6.45, 7) is 24.2. The van der Waals surface area contributed by atoms with Crippen LogP contribution in [0.15, 0.2) is 112 Å². The summed E-state index contributed by atoms with van der Waals surface area (Å²) in [7, 11) is 0. The first-order valence-electron chi connectivity index (χ1n) is 19.5. The first kappa shape index (κ1) is 38.5. The van der Waals surface area contributed by atoms with Gasteiger partial charge in [-0.25, -0.2) is 15.0 Å². The fraction of sp³-hybridized carbons (Fsp3) is 0.354. The van der Waals surface area contributed by atoms with Crippen molar-refractivity contribution in [3.8, 4) is 0 Å². The zero-order chi connectivity index (χ0) is 38.7. The van der Waals surface area contributed by atoms with E-state index in [9.17, 15) is 0 Å². The molecule has 0 saturated heterocycles. The molecule has 0 radical (unpaired) electrons. The Hall–Kier alpha value is -5.23. The van der Waals surface area contributed by atoms with Gasteiger partial charge in [0.25, 0.3) is 0 Å². The lowest BCUT2D eigenvalue weighted by molar-refractivity contribution is 0.551. The Bertz CT molecular complexity index is 2190. The van der Waals surface area contributed by atoms with Crippen LogP contribution in [0.1, 0.15) is 151 Å². The van der Waals surface area contributed by atoms with Crippen LogP contribution in [0.2, 0.25) is 0 Å². The van der Waals surface area contributed by atoms with E-state index in [1.165, 1.54) is 22.3 Å². The van der Waals surface area contributed by atoms with Crippen molar-refractivity contribution in [2.75, 3.05) is 5.32 Å². The van der Waals surface area contributed by atoms with Crippen molar-refractivity contribution in [3.05, 3.63) is 142 Å². The molecule has 1 unspecified atom stereocenters. The van der Waals surface area contributed by atoms with Gasteiger partial charge in [0.05, 0.1) is 68.2 Å². The number of nitrogens with one attached hydrogen (secondary N) is 1. The van der Waals surface area contributed by atoms with E-state index in [-0.39, 0.29) is 0 Å². The molecule has 3 heterocycles. The molecule has 0 fully saturated rings. The molecular weight excluding hydrogens is 661 g/mol. The number of benzene rings is 3. The smallest absolute Gasteiger partial charge is 0.0865 e. The van der Waals surface area contributed by atoms with E-state index in [1.54, 1.807) is 0 Å². The van der Waals surface area contributed by atoms with E-state index >= 15 is 0 Å². The summed E-state index contributed by atoms with van der Waals surface area (Å²) >= 11 is 0. The fourth-order valence-corrected chi connectivity index (χ4v) is 7.31. The molecule has 1 N–H and O–H groups in total. The molecule has 0 spiro atoms. The molecular formula is C48H56N6. The summed E-state index contributed by atoms with van der Waals surface area (Å²) in [5, 5.41) is 3.85. The SMILES string of the molecule is CC(=Nc1c(C(C)C)cccc1C(C)C)c1cccc(C2=Nc3ccccc3NC(C)(c3cccc(C(C)=Nc4c(C(C)C)cccc4C(C)C)n3)C2)n1. The molecule has 0 bridgehead atoms. The third-order valence-corrected chi connectivity index (χ3v) is 10.4.